The fourth-order valence-corrected chi connectivity index (χ4v) is 6.73. The Bertz CT molecular complexity index is 1190. The number of nitrogens with zero attached hydrogens (tertiary/aromatic N) is 2. The Morgan fingerprint density at radius 3 is 2.44 bits per heavy atom. The number of piperazine rings is 1. The van der Waals surface area contributed by atoms with Crippen molar-refractivity contribution in [1.82, 2.24) is 14.5 Å². The molecule has 2 fully saturated rings. The summed E-state index contributed by atoms with van der Waals surface area (Å²) in [6.07, 6.45) is 2.37. The zero-order chi connectivity index (χ0) is 25.9. The van der Waals surface area contributed by atoms with Crippen molar-refractivity contribution < 1.29 is 22.7 Å². The fraction of sp³-hybridized carbons (Fsp3) is 0.481. The normalized spacial score (nSPS) is 22.8. The van der Waals surface area contributed by atoms with Crippen LogP contribution in [0.5, 0.6) is 5.75 Å². The van der Waals surface area contributed by atoms with E-state index in [1.54, 1.807) is 30.1 Å². The quantitative estimate of drug-likeness (QED) is 0.613. The average molecular weight is 514 g/mol. The summed E-state index contributed by atoms with van der Waals surface area (Å²) in [4.78, 5) is 27.6. The Kier molecular flexibility index (Phi) is 8.00. The molecule has 194 valence electrons. The molecular formula is C27H35N3O5S. The standard InChI is InChI=1S/C27H35N3O5S/c1-4-35-25-15-14-23(16-19(25)2)36(33,34)29(3)22-12-10-21(11-13-22)27(32)30-18-26(31)28-17-24(30)20-8-6-5-7-9-20/h5-9,14-16,21-22,24H,4,10-13,17-18H2,1-3H3,(H,28,31)/t21?,22?,24-/m1/s1. The summed E-state index contributed by atoms with van der Waals surface area (Å²) in [5, 5.41) is 2.87. The molecule has 1 heterocycles. The first kappa shape index (κ1) is 26.2. The number of nitrogens with one attached hydrogen (secondary N) is 1. The van der Waals surface area contributed by atoms with Gasteiger partial charge in [-0.2, -0.15) is 4.31 Å². The third-order valence-corrected chi connectivity index (χ3v) is 9.24. The zero-order valence-electron chi connectivity index (χ0n) is 21.1. The maximum absolute atomic E-state index is 13.5. The molecule has 1 saturated heterocycles. The highest BCUT2D eigenvalue weighted by atomic mass is 32.2. The van der Waals surface area contributed by atoms with Crippen LogP contribution in [0.15, 0.2) is 53.4 Å². The molecule has 9 heteroatoms. The lowest BCUT2D eigenvalue weighted by Gasteiger charge is -2.40. The topological polar surface area (TPSA) is 96.0 Å². The number of sulfonamides is 1. The van der Waals surface area contributed by atoms with Crippen molar-refractivity contribution in [3.8, 4) is 5.75 Å². The molecule has 0 radical (unpaired) electrons. The van der Waals surface area contributed by atoms with Crippen LogP contribution in [0.1, 0.15) is 49.8 Å². The summed E-state index contributed by atoms with van der Waals surface area (Å²) in [7, 11) is -2.05. The number of ether oxygens (including phenoxy) is 1. The molecule has 1 saturated carbocycles. The molecule has 1 aliphatic carbocycles. The first-order valence-corrected chi connectivity index (χ1v) is 14.0. The number of amides is 2. The van der Waals surface area contributed by atoms with Crippen LogP contribution in [0.4, 0.5) is 0 Å². The third kappa shape index (κ3) is 5.42. The van der Waals surface area contributed by atoms with E-state index >= 15 is 0 Å². The summed E-state index contributed by atoms with van der Waals surface area (Å²) in [6, 6.07) is 14.3. The van der Waals surface area contributed by atoms with Crippen LogP contribution in [0.3, 0.4) is 0 Å². The van der Waals surface area contributed by atoms with Crippen LogP contribution in [0.2, 0.25) is 0 Å². The Balaban J connectivity index is 1.42. The minimum atomic E-state index is -3.67. The first-order valence-electron chi connectivity index (χ1n) is 12.6. The van der Waals surface area contributed by atoms with Crippen LogP contribution < -0.4 is 10.1 Å². The number of rotatable bonds is 7. The van der Waals surface area contributed by atoms with Crippen molar-refractivity contribution in [3.05, 3.63) is 59.7 Å². The van der Waals surface area contributed by atoms with Gasteiger partial charge in [0.25, 0.3) is 0 Å². The second-order valence-corrected chi connectivity index (χ2v) is 11.6. The molecule has 2 aromatic carbocycles. The van der Waals surface area contributed by atoms with Crippen molar-refractivity contribution in [3.63, 3.8) is 0 Å². The number of aryl methyl sites for hydroxylation is 1. The van der Waals surface area contributed by atoms with Crippen LogP contribution >= 0.6 is 0 Å². The summed E-state index contributed by atoms with van der Waals surface area (Å²) in [5.74, 6) is 0.283. The molecule has 8 nitrogen and oxygen atoms in total. The highest BCUT2D eigenvalue weighted by Crippen LogP contribution is 2.34. The van der Waals surface area contributed by atoms with E-state index in [-0.39, 0.29) is 41.3 Å². The Labute approximate surface area is 213 Å². The number of carbonyl (C=O) groups is 2. The number of hydrogen-bond acceptors (Lipinski definition) is 5. The Hall–Kier alpha value is -2.91. The monoisotopic (exact) mass is 513 g/mol. The average Bonchev–Trinajstić information content (AvgIpc) is 2.89. The molecule has 4 rings (SSSR count). The van der Waals surface area contributed by atoms with Gasteiger partial charge in [0, 0.05) is 25.6 Å². The van der Waals surface area contributed by atoms with E-state index in [1.165, 1.54) is 4.31 Å². The van der Waals surface area contributed by atoms with Gasteiger partial charge in [0.05, 0.1) is 17.5 Å². The molecule has 1 atom stereocenters. The highest BCUT2D eigenvalue weighted by molar-refractivity contribution is 7.89. The molecule has 2 aliphatic rings. The Morgan fingerprint density at radius 2 is 1.81 bits per heavy atom. The lowest BCUT2D eigenvalue weighted by molar-refractivity contribution is -0.145. The number of hydrogen-bond donors (Lipinski definition) is 1. The minimum Gasteiger partial charge on any atom is -0.494 e. The highest BCUT2D eigenvalue weighted by Gasteiger charge is 2.38. The SMILES string of the molecule is CCOc1ccc(S(=O)(=O)N(C)C2CCC(C(=O)N3CC(=O)NC[C@@H]3c3ccccc3)CC2)cc1C. The van der Waals surface area contributed by atoms with Crippen molar-refractivity contribution in [2.75, 3.05) is 26.7 Å². The first-order chi connectivity index (χ1) is 17.2. The summed E-state index contributed by atoms with van der Waals surface area (Å²) in [5.41, 5.74) is 1.77. The van der Waals surface area contributed by atoms with Gasteiger partial charge in [-0.15, -0.1) is 0 Å². The van der Waals surface area contributed by atoms with Crippen molar-refractivity contribution >= 4 is 21.8 Å². The molecule has 1 N–H and O–H groups in total. The lowest BCUT2D eigenvalue weighted by atomic mass is 9.84. The van der Waals surface area contributed by atoms with Crippen LogP contribution in [0, 0.1) is 12.8 Å². The van der Waals surface area contributed by atoms with E-state index in [4.69, 9.17) is 4.74 Å². The molecule has 0 spiro atoms. The van der Waals surface area contributed by atoms with E-state index in [9.17, 15) is 18.0 Å². The van der Waals surface area contributed by atoms with Gasteiger partial charge < -0.3 is 15.0 Å². The van der Waals surface area contributed by atoms with Crippen molar-refractivity contribution in [2.24, 2.45) is 5.92 Å². The third-order valence-electron chi connectivity index (χ3n) is 7.33. The van der Waals surface area contributed by atoms with E-state index in [0.717, 1.165) is 11.1 Å². The molecule has 0 bridgehead atoms. The van der Waals surface area contributed by atoms with Gasteiger partial charge in [-0.1, -0.05) is 30.3 Å². The molecular weight excluding hydrogens is 478 g/mol. The van der Waals surface area contributed by atoms with E-state index < -0.39 is 10.0 Å². The van der Waals surface area contributed by atoms with Crippen LogP contribution in [-0.4, -0.2) is 62.2 Å². The van der Waals surface area contributed by atoms with Gasteiger partial charge in [0.1, 0.15) is 12.3 Å². The second kappa shape index (κ2) is 11.0. The summed E-state index contributed by atoms with van der Waals surface area (Å²) < 4.78 is 33.6. The van der Waals surface area contributed by atoms with Gasteiger partial charge in [0.15, 0.2) is 0 Å². The minimum absolute atomic E-state index is 0.0233. The fourth-order valence-electron chi connectivity index (χ4n) is 5.23. The second-order valence-electron chi connectivity index (χ2n) is 9.58. The molecule has 0 unspecified atom stereocenters. The molecule has 2 aromatic rings. The van der Waals surface area contributed by atoms with Gasteiger partial charge in [-0.3, -0.25) is 9.59 Å². The van der Waals surface area contributed by atoms with Gasteiger partial charge in [-0.05, 0) is 68.9 Å². The molecule has 0 aromatic heterocycles. The largest absolute Gasteiger partial charge is 0.494 e. The van der Waals surface area contributed by atoms with E-state index in [0.29, 0.717) is 44.6 Å². The number of benzene rings is 2. The van der Waals surface area contributed by atoms with E-state index in [1.807, 2.05) is 44.2 Å². The molecule has 1 aliphatic heterocycles. The summed E-state index contributed by atoms with van der Waals surface area (Å²) in [6.45, 7) is 4.68. The van der Waals surface area contributed by atoms with Crippen molar-refractivity contribution in [2.45, 2.75) is 56.5 Å². The molecule has 36 heavy (non-hydrogen) atoms. The Morgan fingerprint density at radius 1 is 1.11 bits per heavy atom. The van der Waals surface area contributed by atoms with Gasteiger partial charge in [-0.25, -0.2) is 8.42 Å². The smallest absolute Gasteiger partial charge is 0.243 e. The van der Waals surface area contributed by atoms with E-state index in [2.05, 4.69) is 5.32 Å². The zero-order valence-corrected chi connectivity index (χ0v) is 22.0. The van der Waals surface area contributed by atoms with Crippen LogP contribution in [0.25, 0.3) is 0 Å². The maximum Gasteiger partial charge on any atom is 0.243 e. The van der Waals surface area contributed by atoms with Gasteiger partial charge in [0.2, 0.25) is 21.8 Å². The predicted molar refractivity (Wildman–Crippen MR) is 137 cm³/mol. The van der Waals surface area contributed by atoms with Crippen molar-refractivity contribution in [1.29, 1.82) is 0 Å². The molecule has 2 amide bonds. The summed E-state index contributed by atoms with van der Waals surface area (Å²) >= 11 is 0. The predicted octanol–water partition coefficient (Wildman–Crippen LogP) is 3.27. The lowest BCUT2D eigenvalue weighted by Crippen LogP contribution is -2.54. The number of carbonyl (C=O) groups excluding carboxylic acids is 2. The maximum atomic E-state index is 13.5. The van der Waals surface area contributed by atoms with Gasteiger partial charge >= 0.3 is 0 Å². The van der Waals surface area contributed by atoms with Crippen LogP contribution in [-0.2, 0) is 19.6 Å².